The van der Waals surface area contributed by atoms with Gasteiger partial charge < -0.3 is 4.90 Å². The molecule has 0 saturated heterocycles. The molecule has 2 unspecified atom stereocenters. The van der Waals surface area contributed by atoms with Gasteiger partial charge in [-0.2, -0.15) is 0 Å². The van der Waals surface area contributed by atoms with Gasteiger partial charge in [-0.3, -0.25) is 9.88 Å². The topological polar surface area (TPSA) is 32.3 Å². The summed E-state index contributed by atoms with van der Waals surface area (Å²) >= 11 is 0. The lowest BCUT2D eigenvalue weighted by atomic mass is 9.79. The monoisotopic (exact) mass is 606 g/mol. The van der Waals surface area contributed by atoms with Crippen molar-refractivity contribution in [3.05, 3.63) is 167 Å². The molecule has 0 aliphatic heterocycles. The summed E-state index contributed by atoms with van der Waals surface area (Å²) in [7, 11) is 0. The summed E-state index contributed by atoms with van der Waals surface area (Å²) in [4.78, 5) is 14.7. The first-order chi connectivity index (χ1) is 23.2. The fourth-order valence-electron chi connectivity index (χ4n) is 7.56. The van der Waals surface area contributed by atoms with Gasteiger partial charge in [0.05, 0.1) is 22.9 Å². The van der Waals surface area contributed by atoms with Crippen LogP contribution in [0.25, 0.3) is 34.0 Å². The van der Waals surface area contributed by atoms with Gasteiger partial charge in [-0.1, -0.05) is 98.0 Å². The van der Waals surface area contributed by atoms with Crippen LogP contribution in [0, 0.1) is 5.92 Å². The second kappa shape index (κ2) is 11.3. The number of hydrogen-bond donors (Lipinski definition) is 0. The summed E-state index contributed by atoms with van der Waals surface area (Å²) in [5.41, 5.74) is 9.07. The third kappa shape index (κ3) is 4.68. The van der Waals surface area contributed by atoms with Crippen LogP contribution in [0.15, 0.2) is 151 Å². The summed E-state index contributed by atoms with van der Waals surface area (Å²) in [6, 6.07) is 38.6. The van der Waals surface area contributed by atoms with Crippen molar-refractivity contribution < 1.29 is 0 Å². The highest BCUT2D eigenvalue weighted by atomic mass is 15.2. The summed E-state index contributed by atoms with van der Waals surface area (Å²) < 4.78 is 0. The quantitative estimate of drug-likeness (QED) is 0.189. The first-order valence-corrected chi connectivity index (χ1v) is 16.5. The van der Waals surface area contributed by atoms with Crippen LogP contribution in [0.1, 0.15) is 31.2 Å². The van der Waals surface area contributed by atoms with Crippen LogP contribution < -0.4 is 20.2 Å². The van der Waals surface area contributed by atoms with Crippen LogP contribution in [-0.2, 0) is 0 Å². The molecule has 0 saturated carbocycles. The van der Waals surface area contributed by atoms with E-state index < -0.39 is 0 Å². The summed E-state index contributed by atoms with van der Waals surface area (Å²) in [5.74, 6) is 1.52. The predicted molar refractivity (Wildman–Crippen MR) is 195 cm³/mol. The second-order valence-electron chi connectivity index (χ2n) is 12.7. The highest BCUT2D eigenvalue weighted by molar-refractivity contribution is 6.02. The number of rotatable bonds is 6. The molecule has 0 bridgehead atoms. The molecule has 1 heterocycles. The van der Waals surface area contributed by atoms with E-state index >= 15 is 0 Å². The minimum Gasteiger partial charge on any atom is -0.314 e. The molecule has 0 N–H and O–H groups in total. The van der Waals surface area contributed by atoms with Crippen molar-refractivity contribution in [1.29, 1.82) is 0 Å². The van der Waals surface area contributed by atoms with Crippen molar-refractivity contribution in [2.45, 2.75) is 25.7 Å². The van der Waals surface area contributed by atoms with E-state index in [1.165, 1.54) is 43.9 Å². The van der Waals surface area contributed by atoms with E-state index in [4.69, 9.17) is 9.97 Å². The second-order valence-corrected chi connectivity index (χ2v) is 12.7. The molecule has 3 aliphatic carbocycles. The lowest BCUT2D eigenvalue weighted by Gasteiger charge is -2.37. The smallest absolute Gasteiger partial charge is 0.156 e. The third-order valence-corrected chi connectivity index (χ3v) is 9.68. The predicted octanol–water partition coefficient (Wildman–Crippen LogP) is 9.19. The molecule has 0 radical (unpaired) electrons. The van der Waals surface area contributed by atoms with Gasteiger partial charge in [0.2, 0.25) is 0 Å². The van der Waals surface area contributed by atoms with Crippen LogP contribution in [0.4, 0.5) is 22.9 Å². The molecule has 5 aromatic carbocycles. The first-order valence-electron chi connectivity index (χ1n) is 16.5. The van der Waals surface area contributed by atoms with E-state index in [2.05, 4.69) is 138 Å². The van der Waals surface area contributed by atoms with Gasteiger partial charge in [-0.05, 0) is 94.8 Å². The number of aromatic nitrogens is 2. The van der Waals surface area contributed by atoms with Gasteiger partial charge in [-0.25, -0.2) is 4.98 Å². The standard InChI is InChI=1S/C43H34N4/c1-29-11-10-16-34(27-29)46(32-12-4-2-5-13-32)39-25-21-30-20-24-36-40(26-22-31-19-23-35(39)42(30)43(31)36)47(33-14-6-3-7-15-33)41-28-44-37-17-8-9-18-38(37)45-41/h2-10,12-22,24-29,35H,11,23H2,1H3. The molecule has 226 valence electrons. The Hall–Kier alpha value is -5.74. The average molecular weight is 607 g/mol. The minimum absolute atomic E-state index is 0.221. The number of anilines is 4. The Labute approximate surface area is 274 Å². The molecular weight excluding hydrogens is 573 g/mol. The zero-order valence-electron chi connectivity index (χ0n) is 26.3. The van der Waals surface area contributed by atoms with E-state index in [1.54, 1.807) is 0 Å². The molecule has 4 heteroatoms. The number of benzene rings is 5. The lowest BCUT2D eigenvalue weighted by Crippen LogP contribution is -2.33. The van der Waals surface area contributed by atoms with Crippen molar-refractivity contribution in [2.75, 3.05) is 9.80 Å². The van der Waals surface area contributed by atoms with Crippen molar-refractivity contribution in [1.82, 2.24) is 9.97 Å². The number of para-hydroxylation sites is 4. The molecule has 3 aliphatic rings. The average Bonchev–Trinajstić information content (AvgIpc) is 3.13. The Morgan fingerprint density at radius 3 is 2.19 bits per heavy atom. The first kappa shape index (κ1) is 27.6. The van der Waals surface area contributed by atoms with Crippen molar-refractivity contribution in [3.8, 4) is 0 Å². The normalized spacial score (nSPS) is 17.8. The zero-order valence-corrected chi connectivity index (χ0v) is 26.3. The molecule has 0 spiro atoms. The maximum absolute atomic E-state index is 5.12. The number of hydrogen-bond acceptors (Lipinski definition) is 4. The van der Waals surface area contributed by atoms with Crippen LogP contribution in [-0.4, -0.2) is 9.97 Å². The Kier molecular flexibility index (Phi) is 6.60. The molecule has 9 rings (SSSR count). The maximum atomic E-state index is 5.12. The number of allylic oxidation sites excluding steroid dienone is 5. The van der Waals surface area contributed by atoms with Gasteiger partial charge in [0.15, 0.2) is 5.82 Å². The van der Waals surface area contributed by atoms with Gasteiger partial charge in [0.1, 0.15) is 0 Å². The molecule has 47 heavy (non-hydrogen) atoms. The van der Waals surface area contributed by atoms with Crippen molar-refractivity contribution >= 4 is 56.8 Å². The molecule has 4 nitrogen and oxygen atoms in total. The Bertz CT molecular complexity index is 2390. The summed E-state index contributed by atoms with van der Waals surface area (Å²) in [5, 5.41) is 5.12. The lowest BCUT2D eigenvalue weighted by molar-refractivity contribution is 0.716. The largest absolute Gasteiger partial charge is 0.314 e. The SMILES string of the molecule is CC1C=C(N(C2=CC=c3ccc4c(N(c5ccccc5)c5cnc6ccccc6n5)ccc5c4c3C2CC=5)c2ccccc2)C=CC1. The van der Waals surface area contributed by atoms with Gasteiger partial charge in [0, 0.05) is 34.1 Å². The van der Waals surface area contributed by atoms with E-state index in [0.29, 0.717) is 5.92 Å². The molecule has 1 aromatic heterocycles. The van der Waals surface area contributed by atoms with E-state index in [0.717, 1.165) is 41.1 Å². The zero-order chi connectivity index (χ0) is 31.3. The molecule has 0 fully saturated rings. The maximum Gasteiger partial charge on any atom is 0.156 e. The summed E-state index contributed by atoms with van der Waals surface area (Å²) in [6.07, 6.45) is 18.1. The molecular formula is C43H34N4. The van der Waals surface area contributed by atoms with Crippen LogP contribution in [0.2, 0.25) is 0 Å². The van der Waals surface area contributed by atoms with Crippen LogP contribution in [0.3, 0.4) is 0 Å². The highest BCUT2D eigenvalue weighted by Gasteiger charge is 2.31. The van der Waals surface area contributed by atoms with Gasteiger partial charge >= 0.3 is 0 Å². The molecule has 6 aromatic rings. The van der Waals surface area contributed by atoms with Gasteiger partial charge in [0.25, 0.3) is 0 Å². The molecule has 2 atom stereocenters. The van der Waals surface area contributed by atoms with E-state index in [9.17, 15) is 0 Å². The van der Waals surface area contributed by atoms with Crippen molar-refractivity contribution in [3.63, 3.8) is 0 Å². The fourth-order valence-corrected chi connectivity index (χ4v) is 7.56. The fraction of sp³-hybridized carbons (Fsp3) is 0.116. The van der Waals surface area contributed by atoms with Gasteiger partial charge in [-0.15, -0.1) is 0 Å². The Morgan fingerprint density at radius 1 is 0.681 bits per heavy atom. The van der Waals surface area contributed by atoms with Crippen LogP contribution >= 0.6 is 0 Å². The summed E-state index contributed by atoms with van der Waals surface area (Å²) in [6.45, 7) is 2.30. The molecule has 0 amide bonds. The highest BCUT2D eigenvalue weighted by Crippen LogP contribution is 2.44. The minimum atomic E-state index is 0.221. The third-order valence-electron chi connectivity index (χ3n) is 9.68. The van der Waals surface area contributed by atoms with Crippen LogP contribution in [0.5, 0.6) is 0 Å². The number of nitrogens with zero attached hydrogens (tertiary/aromatic N) is 4. The number of fused-ring (bicyclic) bond motifs is 1. The van der Waals surface area contributed by atoms with E-state index in [-0.39, 0.29) is 5.92 Å². The van der Waals surface area contributed by atoms with E-state index in [1.807, 2.05) is 30.5 Å². The van der Waals surface area contributed by atoms with Crippen molar-refractivity contribution in [2.24, 2.45) is 5.92 Å². The Balaban J connectivity index is 1.24. The Morgan fingerprint density at radius 2 is 1.40 bits per heavy atom.